The lowest BCUT2D eigenvalue weighted by molar-refractivity contribution is 0.252. The molecule has 0 saturated heterocycles. The molecule has 0 spiro atoms. The number of aliphatic hydroxyl groups excluding tert-OH is 1. The summed E-state index contributed by atoms with van der Waals surface area (Å²) >= 11 is 5.89. The summed E-state index contributed by atoms with van der Waals surface area (Å²) in [5, 5.41) is 9.76. The molecule has 0 radical (unpaired) electrons. The number of ether oxygens (including phenoxy) is 2. The maximum absolute atomic E-state index is 9.23. The number of unbranched alkanes of at least 4 members (excludes halogenated alkanes) is 1. The largest absolute Gasteiger partial charge is 0.493 e. The third-order valence-corrected chi connectivity index (χ3v) is 2.45. The second kappa shape index (κ2) is 6.61. The van der Waals surface area contributed by atoms with E-state index in [4.69, 9.17) is 21.1 Å². The topological polar surface area (TPSA) is 38.7 Å². The predicted molar refractivity (Wildman–Crippen MR) is 64.3 cm³/mol. The lowest BCUT2D eigenvalue weighted by Gasteiger charge is -2.14. The zero-order valence-corrected chi connectivity index (χ0v) is 10.4. The maximum Gasteiger partial charge on any atom is 0.166 e. The molecule has 0 bridgehead atoms. The fourth-order valence-corrected chi connectivity index (χ4v) is 1.60. The molecule has 0 aliphatic carbocycles. The van der Waals surface area contributed by atoms with Crippen molar-refractivity contribution in [1.29, 1.82) is 0 Å². The molecule has 0 aliphatic rings. The van der Waals surface area contributed by atoms with Gasteiger partial charge in [-0.2, -0.15) is 0 Å². The van der Waals surface area contributed by atoms with Gasteiger partial charge in [0.15, 0.2) is 11.5 Å². The van der Waals surface area contributed by atoms with Crippen LogP contribution in [0.15, 0.2) is 12.1 Å². The first-order valence-electron chi connectivity index (χ1n) is 5.33. The van der Waals surface area contributed by atoms with Gasteiger partial charge in [0.05, 0.1) is 20.3 Å². The smallest absolute Gasteiger partial charge is 0.166 e. The van der Waals surface area contributed by atoms with Crippen LogP contribution in [0.4, 0.5) is 0 Å². The first-order valence-corrected chi connectivity index (χ1v) is 5.70. The minimum absolute atomic E-state index is 0.113. The van der Waals surface area contributed by atoms with E-state index in [-0.39, 0.29) is 6.61 Å². The highest BCUT2D eigenvalue weighted by Gasteiger charge is 2.11. The lowest BCUT2D eigenvalue weighted by Crippen LogP contribution is -2.02. The molecule has 0 aromatic heterocycles. The van der Waals surface area contributed by atoms with Crippen molar-refractivity contribution >= 4 is 11.6 Å². The monoisotopic (exact) mass is 244 g/mol. The average Bonchev–Trinajstić information content (AvgIpc) is 2.30. The standard InChI is InChI=1S/C12H17ClO3/c1-3-4-5-16-12-9(8-14)6-10(13)7-11(12)15-2/h6-7,14H,3-5,8H2,1-2H3. The van der Waals surface area contributed by atoms with Gasteiger partial charge in [0.2, 0.25) is 0 Å². The highest BCUT2D eigenvalue weighted by atomic mass is 35.5. The zero-order chi connectivity index (χ0) is 12.0. The van der Waals surface area contributed by atoms with Gasteiger partial charge in [-0.05, 0) is 12.5 Å². The van der Waals surface area contributed by atoms with E-state index in [0.29, 0.717) is 28.7 Å². The quantitative estimate of drug-likeness (QED) is 0.782. The molecule has 0 atom stereocenters. The first-order chi connectivity index (χ1) is 7.72. The van der Waals surface area contributed by atoms with E-state index >= 15 is 0 Å². The summed E-state index contributed by atoms with van der Waals surface area (Å²) in [6.45, 7) is 2.59. The molecule has 1 aromatic rings. The van der Waals surface area contributed by atoms with Crippen molar-refractivity contribution in [3.8, 4) is 11.5 Å². The van der Waals surface area contributed by atoms with E-state index in [1.54, 1.807) is 19.2 Å². The van der Waals surface area contributed by atoms with Gasteiger partial charge in [-0.1, -0.05) is 24.9 Å². The molecule has 1 aromatic carbocycles. The third kappa shape index (κ3) is 3.29. The summed E-state index contributed by atoms with van der Waals surface area (Å²) in [4.78, 5) is 0. The van der Waals surface area contributed by atoms with Gasteiger partial charge < -0.3 is 14.6 Å². The van der Waals surface area contributed by atoms with Crippen LogP contribution in [0.5, 0.6) is 11.5 Å². The Bertz CT molecular complexity index is 314. The molecule has 0 saturated carbocycles. The molecule has 0 heterocycles. The molecule has 0 amide bonds. The van der Waals surface area contributed by atoms with Crippen LogP contribution >= 0.6 is 11.6 Å². The van der Waals surface area contributed by atoms with Crippen LogP contribution < -0.4 is 9.47 Å². The van der Waals surface area contributed by atoms with Crippen molar-refractivity contribution in [2.45, 2.75) is 26.4 Å². The van der Waals surface area contributed by atoms with Gasteiger partial charge >= 0.3 is 0 Å². The Morgan fingerprint density at radius 1 is 1.38 bits per heavy atom. The Morgan fingerprint density at radius 2 is 2.12 bits per heavy atom. The van der Waals surface area contributed by atoms with Crippen molar-refractivity contribution in [1.82, 2.24) is 0 Å². The number of rotatable bonds is 6. The summed E-state index contributed by atoms with van der Waals surface area (Å²) in [5.74, 6) is 1.15. The van der Waals surface area contributed by atoms with E-state index in [1.807, 2.05) is 0 Å². The molecule has 0 aliphatic heterocycles. The molecule has 90 valence electrons. The zero-order valence-electron chi connectivity index (χ0n) is 9.62. The van der Waals surface area contributed by atoms with Crippen LogP contribution in [0.1, 0.15) is 25.3 Å². The second-order valence-electron chi connectivity index (χ2n) is 3.46. The Balaban J connectivity index is 2.93. The van der Waals surface area contributed by atoms with Crippen molar-refractivity contribution in [2.24, 2.45) is 0 Å². The fourth-order valence-electron chi connectivity index (χ4n) is 1.37. The van der Waals surface area contributed by atoms with E-state index in [1.165, 1.54) is 0 Å². The minimum atomic E-state index is -0.113. The molecule has 3 nitrogen and oxygen atoms in total. The van der Waals surface area contributed by atoms with Gasteiger partial charge in [-0.15, -0.1) is 0 Å². The molecule has 0 unspecified atom stereocenters. The fraction of sp³-hybridized carbons (Fsp3) is 0.500. The number of benzene rings is 1. The van der Waals surface area contributed by atoms with Crippen molar-refractivity contribution in [3.05, 3.63) is 22.7 Å². The number of methoxy groups -OCH3 is 1. The second-order valence-corrected chi connectivity index (χ2v) is 3.89. The van der Waals surface area contributed by atoms with E-state index in [9.17, 15) is 5.11 Å². The van der Waals surface area contributed by atoms with Gasteiger partial charge in [-0.3, -0.25) is 0 Å². The summed E-state index contributed by atoms with van der Waals surface area (Å²) in [6.07, 6.45) is 2.03. The van der Waals surface area contributed by atoms with Gasteiger partial charge in [-0.25, -0.2) is 0 Å². The van der Waals surface area contributed by atoms with Crippen molar-refractivity contribution < 1.29 is 14.6 Å². The first kappa shape index (κ1) is 13.1. The minimum Gasteiger partial charge on any atom is -0.493 e. The molecular formula is C12H17ClO3. The molecular weight excluding hydrogens is 228 g/mol. The molecule has 16 heavy (non-hydrogen) atoms. The lowest BCUT2D eigenvalue weighted by atomic mass is 10.2. The van der Waals surface area contributed by atoms with Gasteiger partial charge in [0, 0.05) is 16.7 Å². The number of hydrogen-bond acceptors (Lipinski definition) is 3. The van der Waals surface area contributed by atoms with Crippen LogP contribution in [0.2, 0.25) is 5.02 Å². The third-order valence-electron chi connectivity index (χ3n) is 2.23. The Kier molecular flexibility index (Phi) is 5.43. The Labute approximate surface area is 101 Å². The summed E-state index contributed by atoms with van der Waals surface area (Å²) in [5.41, 5.74) is 0.653. The van der Waals surface area contributed by atoms with E-state index < -0.39 is 0 Å². The number of aliphatic hydroxyl groups is 1. The summed E-state index contributed by atoms with van der Waals surface area (Å²) in [7, 11) is 1.56. The highest BCUT2D eigenvalue weighted by Crippen LogP contribution is 2.34. The van der Waals surface area contributed by atoms with E-state index in [2.05, 4.69) is 6.92 Å². The van der Waals surface area contributed by atoms with Crippen LogP contribution in [0.3, 0.4) is 0 Å². The van der Waals surface area contributed by atoms with Crippen LogP contribution in [-0.4, -0.2) is 18.8 Å². The SMILES string of the molecule is CCCCOc1c(CO)cc(Cl)cc1OC. The van der Waals surface area contributed by atoms with Crippen LogP contribution in [0, 0.1) is 0 Å². The van der Waals surface area contributed by atoms with E-state index in [0.717, 1.165) is 12.8 Å². The Hall–Kier alpha value is -0.930. The molecule has 0 fully saturated rings. The normalized spacial score (nSPS) is 10.2. The van der Waals surface area contributed by atoms with Gasteiger partial charge in [0.25, 0.3) is 0 Å². The molecule has 4 heteroatoms. The average molecular weight is 245 g/mol. The molecule has 1 rings (SSSR count). The van der Waals surface area contributed by atoms with Gasteiger partial charge in [0.1, 0.15) is 0 Å². The van der Waals surface area contributed by atoms with Crippen LogP contribution in [-0.2, 0) is 6.61 Å². The highest BCUT2D eigenvalue weighted by molar-refractivity contribution is 6.30. The predicted octanol–water partition coefficient (Wildman–Crippen LogP) is 3.02. The van der Waals surface area contributed by atoms with Crippen molar-refractivity contribution in [3.63, 3.8) is 0 Å². The van der Waals surface area contributed by atoms with Crippen molar-refractivity contribution in [2.75, 3.05) is 13.7 Å². The number of hydrogen-bond donors (Lipinski definition) is 1. The molecule has 1 N–H and O–H groups in total. The maximum atomic E-state index is 9.23. The number of halogens is 1. The Morgan fingerprint density at radius 3 is 2.69 bits per heavy atom. The summed E-state index contributed by atoms with van der Waals surface area (Å²) < 4.78 is 10.8. The van der Waals surface area contributed by atoms with Crippen LogP contribution in [0.25, 0.3) is 0 Å². The summed E-state index contributed by atoms with van der Waals surface area (Å²) in [6, 6.07) is 3.37.